The maximum Gasteiger partial charge on any atom is 0.0798 e. The highest BCUT2D eigenvalue weighted by Gasteiger charge is 2.26. The van der Waals surface area contributed by atoms with Crippen LogP contribution in [-0.2, 0) is 6.54 Å². The van der Waals surface area contributed by atoms with Gasteiger partial charge in [0.1, 0.15) is 0 Å². The van der Waals surface area contributed by atoms with Gasteiger partial charge in [0, 0.05) is 31.1 Å². The summed E-state index contributed by atoms with van der Waals surface area (Å²) in [6.45, 7) is 10.7. The van der Waals surface area contributed by atoms with Crippen molar-refractivity contribution < 1.29 is 0 Å². The van der Waals surface area contributed by atoms with Crippen LogP contribution in [0.2, 0.25) is 0 Å². The van der Waals surface area contributed by atoms with E-state index in [0.29, 0.717) is 0 Å². The van der Waals surface area contributed by atoms with Crippen molar-refractivity contribution in [3.05, 3.63) is 16.1 Å². The van der Waals surface area contributed by atoms with Crippen LogP contribution < -0.4 is 5.32 Å². The Labute approximate surface area is 151 Å². The van der Waals surface area contributed by atoms with E-state index in [4.69, 9.17) is 0 Å². The molecule has 2 fully saturated rings. The zero-order valence-electron chi connectivity index (χ0n) is 14.5. The number of thiazole rings is 1. The van der Waals surface area contributed by atoms with E-state index in [1.165, 1.54) is 69.1 Å². The van der Waals surface area contributed by atoms with Crippen molar-refractivity contribution in [2.45, 2.75) is 32.7 Å². The van der Waals surface area contributed by atoms with Crippen molar-refractivity contribution in [2.75, 3.05) is 46.3 Å². The van der Waals surface area contributed by atoms with Crippen LogP contribution in [0, 0.1) is 18.8 Å². The normalized spacial score (nSPS) is 25.7. The predicted octanol–water partition coefficient (Wildman–Crippen LogP) is 2.63. The summed E-state index contributed by atoms with van der Waals surface area (Å²) < 4.78 is 0. The zero-order valence-corrected chi connectivity index (χ0v) is 16.1. The first-order valence-corrected chi connectivity index (χ1v) is 9.59. The van der Waals surface area contributed by atoms with Gasteiger partial charge in [-0.15, -0.1) is 23.7 Å². The lowest BCUT2D eigenvalue weighted by Gasteiger charge is -2.27. The van der Waals surface area contributed by atoms with Crippen molar-refractivity contribution in [3.8, 4) is 0 Å². The molecule has 3 rings (SSSR count). The highest BCUT2D eigenvalue weighted by Crippen LogP contribution is 2.22. The van der Waals surface area contributed by atoms with Gasteiger partial charge in [-0.25, -0.2) is 4.98 Å². The number of likely N-dealkylation sites (tertiary alicyclic amines) is 1. The van der Waals surface area contributed by atoms with E-state index in [-0.39, 0.29) is 12.4 Å². The molecule has 6 heteroatoms. The van der Waals surface area contributed by atoms with Gasteiger partial charge in [-0.2, -0.15) is 0 Å². The number of halogens is 1. The summed E-state index contributed by atoms with van der Waals surface area (Å²) in [7, 11) is 2.26. The van der Waals surface area contributed by atoms with E-state index in [2.05, 4.69) is 34.1 Å². The average molecular weight is 359 g/mol. The highest BCUT2D eigenvalue weighted by molar-refractivity contribution is 7.09. The average Bonchev–Trinajstić information content (AvgIpc) is 3.10. The van der Waals surface area contributed by atoms with Gasteiger partial charge in [-0.05, 0) is 64.7 Å². The fraction of sp³-hybridized carbons (Fsp3) is 0.824. The maximum absolute atomic E-state index is 4.36. The Morgan fingerprint density at radius 1 is 1.39 bits per heavy atom. The maximum atomic E-state index is 4.36. The van der Waals surface area contributed by atoms with Gasteiger partial charge in [-0.1, -0.05) is 0 Å². The lowest BCUT2D eigenvalue weighted by atomic mass is 9.99. The molecule has 1 aromatic rings. The van der Waals surface area contributed by atoms with Gasteiger partial charge in [0.25, 0.3) is 0 Å². The Kier molecular flexibility index (Phi) is 7.76. The number of hydrogen-bond donors (Lipinski definition) is 1. The molecule has 2 aliphatic rings. The summed E-state index contributed by atoms with van der Waals surface area (Å²) in [6, 6.07) is 0. The largest absolute Gasteiger partial charge is 0.316 e. The number of aryl methyl sites for hydroxylation is 1. The van der Waals surface area contributed by atoms with Gasteiger partial charge in [0.15, 0.2) is 0 Å². The van der Waals surface area contributed by atoms with Gasteiger partial charge in [-0.3, -0.25) is 0 Å². The Hall–Kier alpha value is -0.200. The second-order valence-electron chi connectivity index (χ2n) is 7.18. The van der Waals surface area contributed by atoms with Crippen molar-refractivity contribution in [1.82, 2.24) is 20.1 Å². The van der Waals surface area contributed by atoms with Crippen molar-refractivity contribution in [2.24, 2.45) is 11.8 Å². The molecule has 4 nitrogen and oxygen atoms in total. The van der Waals surface area contributed by atoms with Crippen molar-refractivity contribution in [3.63, 3.8) is 0 Å². The molecule has 0 spiro atoms. The van der Waals surface area contributed by atoms with Crippen LogP contribution in [0.3, 0.4) is 0 Å². The summed E-state index contributed by atoms with van der Waals surface area (Å²) in [5, 5.41) is 3.54. The summed E-state index contributed by atoms with van der Waals surface area (Å²) in [5.74, 6) is 1.72. The zero-order chi connectivity index (χ0) is 15.4. The molecule has 0 radical (unpaired) electrons. The molecule has 0 amide bonds. The van der Waals surface area contributed by atoms with Crippen LogP contribution >= 0.6 is 23.7 Å². The number of hydrogen-bond acceptors (Lipinski definition) is 5. The molecule has 3 heterocycles. The first kappa shape index (κ1) is 19.1. The molecular weight excluding hydrogens is 328 g/mol. The Balaban J connectivity index is 0.00000192. The quantitative estimate of drug-likeness (QED) is 0.847. The van der Waals surface area contributed by atoms with Crippen molar-refractivity contribution >= 4 is 23.7 Å². The molecule has 2 saturated heterocycles. The van der Waals surface area contributed by atoms with Crippen LogP contribution in [0.5, 0.6) is 0 Å². The number of piperidine rings is 1. The van der Waals surface area contributed by atoms with Gasteiger partial charge >= 0.3 is 0 Å². The minimum absolute atomic E-state index is 0. The first-order valence-electron chi connectivity index (χ1n) is 8.71. The van der Waals surface area contributed by atoms with Crippen LogP contribution in [0.25, 0.3) is 0 Å². The van der Waals surface area contributed by atoms with E-state index in [1.54, 1.807) is 11.3 Å². The molecule has 0 aliphatic carbocycles. The molecule has 132 valence electrons. The molecule has 1 N–H and O–H groups in total. The van der Waals surface area contributed by atoms with E-state index >= 15 is 0 Å². The number of nitrogens with zero attached hydrogens (tertiary/aromatic N) is 3. The van der Waals surface area contributed by atoms with Gasteiger partial charge in [0.2, 0.25) is 0 Å². The summed E-state index contributed by atoms with van der Waals surface area (Å²) in [5.41, 5.74) is 3.17. The minimum Gasteiger partial charge on any atom is -0.316 e. The summed E-state index contributed by atoms with van der Waals surface area (Å²) >= 11 is 1.79. The molecule has 0 aromatic carbocycles. The highest BCUT2D eigenvalue weighted by atomic mass is 35.5. The second-order valence-corrected chi connectivity index (χ2v) is 8.12. The smallest absolute Gasteiger partial charge is 0.0798 e. The molecule has 2 aliphatic heterocycles. The first-order chi connectivity index (χ1) is 10.7. The molecule has 2 atom stereocenters. The number of rotatable bonds is 6. The van der Waals surface area contributed by atoms with Crippen LogP contribution in [0.15, 0.2) is 5.51 Å². The summed E-state index contributed by atoms with van der Waals surface area (Å²) in [6.07, 6.45) is 4.14. The topological polar surface area (TPSA) is 31.4 Å². The molecule has 23 heavy (non-hydrogen) atoms. The fourth-order valence-corrected chi connectivity index (χ4v) is 4.76. The lowest BCUT2D eigenvalue weighted by molar-refractivity contribution is 0.223. The molecular formula is C17H31ClN4S. The Morgan fingerprint density at radius 2 is 2.26 bits per heavy atom. The van der Waals surface area contributed by atoms with Crippen molar-refractivity contribution in [1.29, 1.82) is 0 Å². The van der Waals surface area contributed by atoms with Crippen LogP contribution in [0.1, 0.15) is 29.8 Å². The van der Waals surface area contributed by atoms with E-state index < -0.39 is 0 Å². The van der Waals surface area contributed by atoms with Crippen LogP contribution in [0.4, 0.5) is 0 Å². The third-order valence-corrected chi connectivity index (χ3v) is 6.03. The van der Waals surface area contributed by atoms with E-state index in [1.807, 2.05) is 5.51 Å². The fourth-order valence-electron chi connectivity index (χ4n) is 3.90. The summed E-state index contributed by atoms with van der Waals surface area (Å²) in [4.78, 5) is 11.0. The standard InChI is InChI=1S/C17H30N4S.ClH/c1-14-17(22-13-19-14)12-20(2)9-16-5-7-21(11-16)10-15-4-3-6-18-8-15;/h13,15-16,18H,3-12H2,1-2H3;1H. The van der Waals surface area contributed by atoms with E-state index in [9.17, 15) is 0 Å². The molecule has 2 unspecified atom stereocenters. The third-order valence-electron chi connectivity index (χ3n) is 5.11. The molecule has 0 bridgehead atoms. The number of nitrogens with one attached hydrogen (secondary N) is 1. The van der Waals surface area contributed by atoms with Gasteiger partial charge < -0.3 is 15.1 Å². The lowest BCUT2D eigenvalue weighted by Crippen LogP contribution is -2.38. The minimum atomic E-state index is 0. The third kappa shape index (κ3) is 5.68. The second kappa shape index (κ2) is 9.33. The Bertz CT molecular complexity index is 461. The number of aromatic nitrogens is 1. The van der Waals surface area contributed by atoms with E-state index in [0.717, 1.165) is 18.4 Å². The molecule has 1 aromatic heterocycles. The van der Waals surface area contributed by atoms with Crippen LogP contribution in [-0.4, -0.2) is 61.1 Å². The Morgan fingerprint density at radius 3 is 2.96 bits per heavy atom. The van der Waals surface area contributed by atoms with Gasteiger partial charge in [0.05, 0.1) is 11.2 Å². The SMILES string of the molecule is Cc1ncsc1CN(C)CC1CCN(CC2CCCNC2)C1.Cl. The monoisotopic (exact) mass is 358 g/mol. The molecule has 0 saturated carbocycles. The predicted molar refractivity (Wildman–Crippen MR) is 101 cm³/mol.